The Bertz CT molecular complexity index is 738. The van der Waals surface area contributed by atoms with Crippen molar-refractivity contribution in [2.75, 3.05) is 7.05 Å². The van der Waals surface area contributed by atoms with Gasteiger partial charge in [0.15, 0.2) is 0 Å². The summed E-state index contributed by atoms with van der Waals surface area (Å²) in [6.07, 6.45) is 0.787. The Labute approximate surface area is 134 Å². The van der Waals surface area contributed by atoms with Crippen LogP contribution in [0.15, 0.2) is 46.7 Å². The third-order valence-corrected chi connectivity index (χ3v) is 5.32. The molecule has 22 heavy (non-hydrogen) atoms. The van der Waals surface area contributed by atoms with Crippen LogP contribution in [0, 0.1) is 0 Å². The normalized spacial score (nSPS) is 12.9. The molecule has 5 nitrogen and oxygen atoms in total. The molecule has 7 heteroatoms. The highest BCUT2D eigenvalue weighted by Crippen LogP contribution is 2.16. The van der Waals surface area contributed by atoms with Crippen LogP contribution in [0.5, 0.6) is 0 Å². The van der Waals surface area contributed by atoms with Crippen molar-refractivity contribution in [2.24, 2.45) is 5.14 Å². The number of nitrogens with zero attached hydrogens (tertiary/aromatic N) is 1. The number of thiophene rings is 1. The highest BCUT2D eigenvalue weighted by Gasteiger charge is 2.19. The Morgan fingerprint density at radius 2 is 1.91 bits per heavy atom. The van der Waals surface area contributed by atoms with Crippen LogP contribution in [0.2, 0.25) is 0 Å². The van der Waals surface area contributed by atoms with Crippen LogP contribution in [0.1, 0.15) is 22.2 Å². The smallest absolute Gasteiger partial charge is 0.253 e. The van der Waals surface area contributed by atoms with Crippen molar-refractivity contribution in [1.82, 2.24) is 4.90 Å². The van der Waals surface area contributed by atoms with Gasteiger partial charge in [-0.25, -0.2) is 13.6 Å². The maximum absolute atomic E-state index is 12.4. The summed E-state index contributed by atoms with van der Waals surface area (Å²) in [5.74, 6) is -0.148. The topological polar surface area (TPSA) is 80.5 Å². The van der Waals surface area contributed by atoms with Gasteiger partial charge in [0.1, 0.15) is 0 Å². The summed E-state index contributed by atoms with van der Waals surface area (Å²) >= 11 is 1.66. The van der Waals surface area contributed by atoms with Crippen LogP contribution in [0.4, 0.5) is 0 Å². The number of amides is 1. The lowest BCUT2D eigenvalue weighted by molar-refractivity contribution is 0.0744. The van der Waals surface area contributed by atoms with Crippen LogP contribution >= 0.6 is 11.3 Å². The van der Waals surface area contributed by atoms with Crippen LogP contribution in [0.3, 0.4) is 0 Å². The van der Waals surface area contributed by atoms with Crippen molar-refractivity contribution < 1.29 is 13.2 Å². The van der Waals surface area contributed by atoms with Gasteiger partial charge in [-0.1, -0.05) is 6.07 Å². The lowest BCUT2D eigenvalue weighted by Crippen LogP contribution is -2.36. The van der Waals surface area contributed by atoms with Crippen molar-refractivity contribution >= 4 is 27.3 Å². The summed E-state index contributed by atoms with van der Waals surface area (Å²) in [5.41, 5.74) is 0.438. The molecule has 0 aliphatic rings. The zero-order valence-corrected chi connectivity index (χ0v) is 14.0. The van der Waals surface area contributed by atoms with Crippen LogP contribution < -0.4 is 5.14 Å². The number of likely N-dealkylation sites (N-methyl/N-ethyl adjacent to an activating group) is 1. The van der Waals surface area contributed by atoms with E-state index in [9.17, 15) is 13.2 Å². The molecule has 0 fully saturated rings. The molecule has 0 aliphatic carbocycles. The molecule has 2 N–H and O–H groups in total. The lowest BCUT2D eigenvalue weighted by atomic mass is 10.1. The molecule has 0 saturated heterocycles. The Balaban J connectivity index is 2.10. The van der Waals surface area contributed by atoms with Gasteiger partial charge in [0.25, 0.3) is 5.91 Å². The Morgan fingerprint density at radius 3 is 2.41 bits per heavy atom. The van der Waals surface area contributed by atoms with Gasteiger partial charge in [-0.3, -0.25) is 4.79 Å². The predicted molar refractivity (Wildman–Crippen MR) is 87.4 cm³/mol. The summed E-state index contributed by atoms with van der Waals surface area (Å²) in [5, 5.41) is 7.05. The first-order valence-corrected chi connectivity index (χ1v) is 9.14. The summed E-state index contributed by atoms with van der Waals surface area (Å²) in [6.45, 7) is 1.98. The summed E-state index contributed by atoms with van der Waals surface area (Å²) in [4.78, 5) is 15.3. The fraction of sp³-hybridized carbons (Fsp3) is 0.267. The number of rotatable bonds is 5. The van der Waals surface area contributed by atoms with Gasteiger partial charge in [0.05, 0.1) is 4.90 Å². The van der Waals surface area contributed by atoms with Crippen LogP contribution in [0.25, 0.3) is 0 Å². The molecule has 1 atom stereocenters. The molecule has 2 rings (SSSR count). The fourth-order valence-corrected chi connectivity index (χ4v) is 3.39. The minimum absolute atomic E-state index is 0.00154. The molecule has 1 aromatic carbocycles. The Hall–Kier alpha value is -1.70. The van der Waals surface area contributed by atoms with Crippen molar-refractivity contribution in [2.45, 2.75) is 24.3 Å². The summed E-state index contributed by atoms with van der Waals surface area (Å²) in [6, 6.07) is 9.73. The van der Waals surface area contributed by atoms with E-state index >= 15 is 0 Å². The fourth-order valence-electron chi connectivity index (χ4n) is 2.05. The van der Waals surface area contributed by atoms with Gasteiger partial charge in [0, 0.05) is 30.0 Å². The largest absolute Gasteiger partial charge is 0.339 e. The van der Waals surface area contributed by atoms with E-state index in [-0.39, 0.29) is 16.8 Å². The minimum Gasteiger partial charge on any atom is -0.339 e. The third-order valence-electron chi connectivity index (χ3n) is 3.49. The molecule has 0 saturated carbocycles. The first-order chi connectivity index (χ1) is 10.3. The SMILES string of the molecule is C[C@@H](Cc1cccs1)N(C)C(=O)c1ccc(S(N)(=O)=O)cc1. The maximum atomic E-state index is 12.4. The molecule has 0 bridgehead atoms. The van der Waals surface area contributed by atoms with E-state index in [1.807, 2.05) is 24.4 Å². The van der Waals surface area contributed by atoms with E-state index in [2.05, 4.69) is 0 Å². The lowest BCUT2D eigenvalue weighted by Gasteiger charge is -2.24. The Kier molecular flexibility index (Phi) is 5.00. The zero-order valence-electron chi connectivity index (χ0n) is 12.4. The monoisotopic (exact) mass is 338 g/mol. The highest BCUT2D eigenvalue weighted by molar-refractivity contribution is 7.89. The number of hydrogen-bond donors (Lipinski definition) is 1. The number of hydrogen-bond acceptors (Lipinski definition) is 4. The number of carbonyl (C=O) groups excluding carboxylic acids is 1. The van der Waals surface area contributed by atoms with E-state index in [0.717, 1.165) is 6.42 Å². The number of nitrogens with two attached hydrogens (primary N) is 1. The average Bonchev–Trinajstić information content (AvgIpc) is 2.97. The van der Waals surface area contributed by atoms with Gasteiger partial charge in [-0.2, -0.15) is 0 Å². The first kappa shape index (κ1) is 16.7. The molecule has 0 radical (unpaired) electrons. The molecular weight excluding hydrogens is 320 g/mol. The number of primary sulfonamides is 1. The number of benzene rings is 1. The highest BCUT2D eigenvalue weighted by atomic mass is 32.2. The van der Waals surface area contributed by atoms with Gasteiger partial charge < -0.3 is 4.90 Å². The predicted octanol–water partition coefficient (Wildman–Crippen LogP) is 2.10. The zero-order chi connectivity index (χ0) is 16.3. The van der Waals surface area contributed by atoms with Crippen LogP contribution in [-0.2, 0) is 16.4 Å². The minimum atomic E-state index is -3.74. The van der Waals surface area contributed by atoms with Gasteiger partial charge in [-0.05, 0) is 42.6 Å². The van der Waals surface area contributed by atoms with E-state index in [1.54, 1.807) is 23.3 Å². The molecule has 118 valence electrons. The molecule has 1 amide bonds. The van der Waals surface area contributed by atoms with Crippen molar-refractivity contribution in [3.63, 3.8) is 0 Å². The van der Waals surface area contributed by atoms with Crippen molar-refractivity contribution in [1.29, 1.82) is 0 Å². The van der Waals surface area contributed by atoms with E-state index in [1.165, 1.54) is 29.1 Å². The van der Waals surface area contributed by atoms with E-state index in [0.29, 0.717) is 5.56 Å². The van der Waals surface area contributed by atoms with E-state index in [4.69, 9.17) is 5.14 Å². The van der Waals surface area contributed by atoms with Crippen molar-refractivity contribution in [3.05, 3.63) is 52.2 Å². The molecule has 0 aliphatic heterocycles. The first-order valence-electron chi connectivity index (χ1n) is 6.71. The maximum Gasteiger partial charge on any atom is 0.253 e. The van der Waals surface area contributed by atoms with E-state index < -0.39 is 10.0 Å². The van der Waals surface area contributed by atoms with Crippen LogP contribution in [-0.4, -0.2) is 32.3 Å². The van der Waals surface area contributed by atoms with Gasteiger partial charge in [-0.15, -0.1) is 11.3 Å². The average molecular weight is 338 g/mol. The standard InChI is InChI=1S/C15H18N2O3S2/c1-11(10-13-4-3-9-21-13)17(2)15(18)12-5-7-14(8-6-12)22(16,19)20/h3-9,11H,10H2,1-2H3,(H2,16,19,20)/t11-/m0/s1. The third kappa shape index (κ3) is 3.94. The molecule has 2 aromatic rings. The molecular formula is C15H18N2O3S2. The van der Waals surface area contributed by atoms with Gasteiger partial charge in [0.2, 0.25) is 10.0 Å². The summed E-state index contributed by atoms with van der Waals surface area (Å²) < 4.78 is 22.4. The second-order valence-corrected chi connectivity index (χ2v) is 7.71. The molecule has 0 spiro atoms. The second kappa shape index (κ2) is 6.60. The molecule has 1 aromatic heterocycles. The summed E-state index contributed by atoms with van der Waals surface area (Å²) in [7, 11) is -2.00. The van der Waals surface area contributed by atoms with Crippen molar-refractivity contribution in [3.8, 4) is 0 Å². The molecule has 0 unspecified atom stereocenters. The molecule has 1 heterocycles. The number of sulfonamides is 1. The quantitative estimate of drug-likeness (QED) is 0.906. The Morgan fingerprint density at radius 1 is 1.27 bits per heavy atom. The number of carbonyl (C=O) groups is 1. The van der Waals surface area contributed by atoms with Gasteiger partial charge >= 0.3 is 0 Å². The second-order valence-electron chi connectivity index (χ2n) is 5.12.